The van der Waals surface area contributed by atoms with Crippen LogP contribution in [0.5, 0.6) is 0 Å². The Balaban J connectivity index is 1.42. The molecule has 0 amide bonds. The molecule has 1 saturated heterocycles. The molecule has 3 heterocycles. The molecule has 1 aromatic carbocycles. The largest absolute Gasteiger partial charge is 0.373 e. The zero-order chi connectivity index (χ0) is 17.1. The van der Waals surface area contributed by atoms with Gasteiger partial charge in [-0.3, -0.25) is 0 Å². The van der Waals surface area contributed by atoms with Crippen molar-refractivity contribution < 1.29 is 0 Å². The van der Waals surface area contributed by atoms with E-state index in [4.69, 9.17) is 0 Å². The molecule has 0 atom stereocenters. The van der Waals surface area contributed by atoms with Gasteiger partial charge in [0.25, 0.3) is 0 Å². The number of aromatic amines is 1. The summed E-state index contributed by atoms with van der Waals surface area (Å²) in [6.07, 6.45) is 7.36. The fraction of sp³-hybridized carbons (Fsp3) is 0.421. The molecule has 0 saturated carbocycles. The van der Waals surface area contributed by atoms with Gasteiger partial charge in [0.1, 0.15) is 17.7 Å². The first-order valence-corrected chi connectivity index (χ1v) is 8.99. The number of benzene rings is 1. The van der Waals surface area contributed by atoms with Gasteiger partial charge in [-0.2, -0.15) is 0 Å². The van der Waals surface area contributed by atoms with Crippen LogP contribution in [0.2, 0.25) is 0 Å². The van der Waals surface area contributed by atoms with Gasteiger partial charge in [0, 0.05) is 31.4 Å². The van der Waals surface area contributed by atoms with Crippen LogP contribution in [-0.4, -0.2) is 58.1 Å². The molecular formula is C19H24N6. The van der Waals surface area contributed by atoms with E-state index in [2.05, 4.69) is 61.0 Å². The van der Waals surface area contributed by atoms with Crippen molar-refractivity contribution >= 4 is 16.9 Å². The van der Waals surface area contributed by atoms with Gasteiger partial charge in [0.05, 0.1) is 6.20 Å². The number of imidazole rings is 1. The van der Waals surface area contributed by atoms with E-state index >= 15 is 0 Å². The molecular weight excluding hydrogens is 312 g/mol. The topological polar surface area (TPSA) is 60.9 Å². The highest BCUT2D eigenvalue weighted by molar-refractivity contribution is 5.75. The number of H-pyrrole nitrogens is 1. The molecule has 0 aliphatic carbocycles. The molecule has 3 aromatic rings. The number of hydrogen-bond acceptors (Lipinski definition) is 5. The Hall–Kier alpha value is -2.47. The molecule has 4 rings (SSSR count). The lowest BCUT2D eigenvalue weighted by Crippen LogP contribution is -2.36. The molecule has 6 nitrogen and oxygen atoms in total. The third-order valence-corrected chi connectivity index (χ3v) is 4.94. The van der Waals surface area contributed by atoms with Gasteiger partial charge in [-0.25, -0.2) is 15.0 Å². The van der Waals surface area contributed by atoms with Gasteiger partial charge in [0.15, 0.2) is 5.65 Å². The maximum absolute atomic E-state index is 4.53. The summed E-state index contributed by atoms with van der Waals surface area (Å²) in [6.45, 7) is 4.70. The average Bonchev–Trinajstić information content (AvgIpc) is 3.11. The Morgan fingerprint density at radius 2 is 1.92 bits per heavy atom. The van der Waals surface area contributed by atoms with Crippen LogP contribution in [0.3, 0.4) is 0 Å². The molecule has 0 radical (unpaired) electrons. The number of piperidine rings is 1. The van der Waals surface area contributed by atoms with Crippen molar-refractivity contribution in [1.29, 1.82) is 0 Å². The molecule has 1 aliphatic rings. The smallest absolute Gasteiger partial charge is 0.181 e. The van der Waals surface area contributed by atoms with Crippen LogP contribution in [-0.2, 0) is 0 Å². The number of likely N-dealkylation sites (tertiary alicyclic amines) is 1. The van der Waals surface area contributed by atoms with Crippen molar-refractivity contribution in [2.75, 3.05) is 38.1 Å². The standard InChI is InChI=1S/C19H24N6/c1-24(11-12-25-9-3-2-4-10-25)16-7-5-15(6-8-16)18-22-17-13-20-14-21-19(17)23-18/h5-8,13-14H,2-4,9-12H2,1H3,(H,20,21,22,23). The van der Waals surface area contributed by atoms with Gasteiger partial charge in [-0.1, -0.05) is 6.42 Å². The second-order valence-corrected chi connectivity index (χ2v) is 6.72. The molecule has 1 fully saturated rings. The maximum Gasteiger partial charge on any atom is 0.181 e. The molecule has 6 heteroatoms. The molecule has 0 bridgehead atoms. The summed E-state index contributed by atoms with van der Waals surface area (Å²) in [4.78, 5) is 20.9. The minimum atomic E-state index is 0.702. The Morgan fingerprint density at radius 3 is 2.68 bits per heavy atom. The highest BCUT2D eigenvalue weighted by Gasteiger charge is 2.11. The van der Waals surface area contributed by atoms with E-state index in [1.54, 1.807) is 6.20 Å². The summed E-state index contributed by atoms with van der Waals surface area (Å²) < 4.78 is 0. The summed E-state index contributed by atoms with van der Waals surface area (Å²) in [5, 5.41) is 0. The van der Waals surface area contributed by atoms with Crippen molar-refractivity contribution in [2.45, 2.75) is 19.3 Å². The van der Waals surface area contributed by atoms with Crippen molar-refractivity contribution in [1.82, 2.24) is 24.8 Å². The highest BCUT2D eigenvalue weighted by atomic mass is 15.2. The predicted molar refractivity (Wildman–Crippen MR) is 101 cm³/mol. The molecule has 0 spiro atoms. The van der Waals surface area contributed by atoms with Crippen molar-refractivity contribution in [2.24, 2.45) is 0 Å². The molecule has 130 valence electrons. The lowest BCUT2D eigenvalue weighted by Gasteiger charge is -2.29. The summed E-state index contributed by atoms with van der Waals surface area (Å²) in [6, 6.07) is 8.53. The number of nitrogens with zero attached hydrogens (tertiary/aromatic N) is 5. The first-order valence-electron chi connectivity index (χ1n) is 8.99. The van der Waals surface area contributed by atoms with Gasteiger partial charge in [-0.05, 0) is 50.2 Å². The predicted octanol–water partition coefficient (Wildman–Crippen LogP) is 2.94. The van der Waals surface area contributed by atoms with E-state index in [1.807, 2.05) is 0 Å². The van der Waals surface area contributed by atoms with Gasteiger partial charge in [-0.15, -0.1) is 0 Å². The van der Waals surface area contributed by atoms with Gasteiger partial charge < -0.3 is 14.8 Å². The number of aromatic nitrogens is 4. The average molecular weight is 336 g/mol. The number of rotatable bonds is 5. The van der Waals surface area contributed by atoms with Crippen LogP contribution in [0, 0.1) is 0 Å². The van der Waals surface area contributed by atoms with Gasteiger partial charge >= 0.3 is 0 Å². The Morgan fingerprint density at radius 1 is 1.12 bits per heavy atom. The van der Waals surface area contributed by atoms with Crippen LogP contribution in [0.15, 0.2) is 36.8 Å². The molecule has 2 aromatic heterocycles. The first-order chi connectivity index (χ1) is 12.3. The summed E-state index contributed by atoms with van der Waals surface area (Å²) in [5.74, 6) is 0.831. The van der Waals surface area contributed by atoms with E-state index in [0.717, 1.165) is 30.0 Å². The second-order valence-electron chi connectivity index (χ2n) is 6.72. The number of fused-ring (bicyclic) bond motifs is 1. The summed E-state index contributed by atoms with van der Waals surface area (Å²) >= 11 is 0. The minimum Gasteiger partial charge on any atom is -0.373 e. The van der Waals surface area contributed by atoms with E-state index in [0.29, 0.717) is 5.65 Å². The summed E-state index contributed by atoms with van der Waals surface area (Å²) in [5.41, 5.74) is 3.86. The fourth-order valence-corrected chi connectivity index (χ4v) is 3.38. The normalized spacial score (nSPS) is 15.6. The minimum absolute atomic E-state index is 0.702. The van der Waals surface area contributed by atoms with Crippen LogP contribution in [0.25, 0.3) is 22.6 Å². The zero-order valence-corrected chi connectivity index (χ0v) is 14.6. The third kappa shape index (κ3) is 3.64. The lowest BCUT2D eigenvalue weighted by atomic mass is 10.1. The molecule has 0 unspecified atom stereocenters. The number of likely N-dealkylation sites (N-methyl/N-ethyl adjacent to an activating group) is 1. The van der Waals surface area contributed by atoms with E-state index in [1.165, 1.54) is 44.4 Å². The SMILES string of the molecule is CN(CCN1CCCCC1)c1ccc(-c2nc3ncncc3[nH]2)cc1. The fourth-order valence-electron chi connectivity index (χ4n) is 3.38. The third-order valence-electron chi connectivity index (χ3n) is 4.94. The van der Waals surface area contributed by atoms with Crippen LogP contribution >= 0.6 is 0 Å². The summed E-state index contributed by atoms with van der Waals surface area (Å²) in [7, 11) is 2.16. The lowest BCUT2D eigenvalue weighted by molar-refractivity contribution is 0.234. The maximum atomic E-state index is 4.53. The quantitative estimate of drug-likeness (QED) is 0.776. The monoisotopic (exact) mass is 336 g/mol. The highest BCUT2D eigenvalue weighted by Crippen LogP contribution is 2.22. The van der Waals surface area contributed by atoms with Crippen LogP contribution in [0.1, 0.15) is 19.3 Å². The first kappa shape index (κ1) is 16.0. The molecule has 1 N–H and O–H groups in total. The number of anilines is 1. The van der Waals surface area contributed by atoms with Crippen molar-refractivity contribution in [3.05, 3.63) is 36.8 Å². The van der Waals surface area contributed by atoms with Crippen molar-refractivity contribution in [3.63, 3.8) is 0 Å². The van der Waals surface area contributed by atoms with Crippen LogP contribution in [0.4, 0.5) is 5.69 Å². The van der Waals surface area contributed by atoms with Crippen molar-refractivity contribution in [3.8, 4) is 11.4 Å². The molecule has 1 aliphatic heterocycles. The van der Waals surface area contributed by atoms with Gasteiger partial charge in [0.2, 0.25) is 0 Å². The van der Waals surface area contributed by atoms with E-state index < -0.39 is 0 Å². The van der Waals surface area contributed by atoms with Crippen LogP contribution < -0.4 is 4.90 Å². The van der Waals surface area contributed by atoms with E-state index in [9.17, 15) is 0 Å². The zero-order valence-electron chi connectivity index (χ0n) is 14.6. The number of nitrogens with one attached hydrogen (secondary N) is 1. The number of hydrogen-bond donors (Lipinski definition) is 1. The Labute approximate surface area is 147 Å². The molecule has 25 heavy (non-hydrogen) atoms. The van der Waals surface area contributed by atoms with E-state index in [-0.39, 0.29) is 0 Å². The Kier molecular flexibility index (Phi) is 4.61. The second kappa shape index (κ2) is 7.19. The Bertz CT molecular complexity index is 786.